The highest BCUT2D eigenvalue weighted by Gasteiger charge is 2.45. The Balaban J connectivity index is 1.59. The summed E-state index contributed by atoms with van der Waals surface area (Å²) in [5, 5.41) is 11.8. The van der Waals surface area contributed by atoms with Gasteiger partial charge in [-0.3, -0.25) is 4.79 Å². The Morgan fingerprint density at radius 1 is 1.21 bits per heavy atom. The second kappa shape index (κ2) is 6.47. The van der Waals surface area contributed by atoms with Crippen LogP contribution in [0, 0.1) is 5.82 Å². The van der Waals surface area contributed by atoms with Gasteiger partial charge in [0.15, 0.2) is 0 Å². The molecule has 0 bridgehead atoms. The van der Waals surface area contributed by atoms with E-state index in [9.17, 15) is 19.1 Å². The highest BCUT2D eigenvalue weighted by atomic mass is 19.1. The smallest absolute Gasteiger partial charge is 0.329 e. The number of nitrogens with one attached hydrogen (secondary N) is 1. The molecule has 6 heteroatoms. The lowest BCUT2D eigenvalue weighted by atomic mass is 9.76. The van der Waals surface area contributed by atoms with Crippen molar-refractivity contribution in [3.8, 4) is 11.3 Å². The van der Waals surface area contributed by atoms with E-state index in [-0.39, 0.29) is 18.1 Å². The minimum absolute atomic E-state index is 0.124. The van der Waals surface area contributed by atoms with E-state index in [0.29, 0.717) is 36.3 Å². The number of rotatable bonds is 6. The second-order valence-corrected chi connectivity index (χ2v) is 6.03. The zero-order valence-electron chi connectivity index (χ0n) is 13.0. The summed E-state index contributed by atoms with van der Waals surface area (Å²) < 4.78 is 19.3. The Morgan fingerprint density at radius 2 is 1.96 bits per heavy atom. The molecule has 0 unspecified atom stereocenters. The van der Waals surface area contributed by atoms with Crippen LogP contribution in [0.25, 0.3) is 11.3 Å². The van der Waals surface area contributed by atoms with E-state index in [1.165, 1.54) is 6.07 Å². The normalized spacial score (nSPS) is 15.5. The van der Waals surface area contributed by atoms with E-state index < -0.39 is 11.5 Å². The van der Waals surface area contributed by atoms with Crippen LogP contribution in [0.15, 0.2) is 40.8 Å². The number of hydrogen-bond acceptors (Lipinski definition) is 3. The number of aliphatic carboxylic acids is 1. The summed E-state index contributed by atoms with van der Waals surface area (Å²) >= 11 is 0. The van der Waals surface area contributed by atoms with Crippen molar-refractivity contribution in [3.05, 3.63) is 48.0 Å². The summed E-state index contributed by atoms with van der Waals surface area (Å²) in [5.41, 5.74) is -0.731. The number of hydrogen-bond donors (Lipinski definition) is 2. The van der Waals surface area contributed by atoms with Crippen molar-refractivity contribution in [1.82, 2.24) is 5.32 Å². The highest BCUT2D eigenvalue weighted by Crippen LogP contribution is 2.32. The van der Waals surface area contributed by atoms with Gasteiger partial charge in [0.1, 0.15) is 22.9 Å². The molecule has 1 aliphatic rings. The summed E-state index contributed by atoms with van der Waals surface area (Å²) in [6.07, 6.45) is 2.19. The molecule has 0 aliphatic heterocycles. The molecule has 0 spiro atoms. The summed E-state index contributed by atoms with van der Waals surface area (Å²) in [4.78, 5) is 23.2. The Morgan fingerprint density at radius 3 is 2.58 bits per heavy atom. The largest absolute Gasteiger partial charge is 0.480 e. The van der Waals surface area contributed by atoms with E-state index in [1.54, 1.807) is 30.3 Å². The van der Waals surface area contributed by atoms with Gasteiger partial charge >= 0.3 is 5.97 Å². The maximum absolute atomic E-state index is 13.7. The standard InChI is InChI=1S/C18H18FNO4/c19-14-5-2-1-4-13(14)15-8-6-12(24-15)7-9-16(21)20-18(17(22)23)10-3-11-18/h1-2,4-6,8H,3,7,9-11H2,(H,20,21)(H,22,23). The molecule has 1 saturated carbocycles. The molecule has 126 valence electrons. The molecule has 1 heterocycles. The average molecular weight is 331 g/mol. The molecule has 1 aromatic carbocycles. The second-order valence-electron chi connectivity index (χ2n) is 6.03. The van der Waals surface area contributed by atoms with Gasteiger partial charge in [-0.05, 0) is 43.5 Å². The quantitative estimate of drug-likeness (QED) is 0.852. The summed E-state index contributed by atoms with van der Waals surface area (Å²) in [7, 11) is 0. The lowest BCUT2D eigenvalue weighted by molar-refractivity contribution is -0.151. The minimum Gasteiger partial charge on any atom is -0.480 e. The number of carbonyl (C=O) groups is 2. The number of carbonyl (C=O) groups excluding carboxylic acids is 1. The van der Waals surface area contributed by atoms with Gasteiger partial charge in [-0.15, -0.1) is 0 Å². The minimum atomic E-state index is -1.10. The van der Waals surface area contributed by atoms with Gasteiger partial charge in [-0.2, -0.15) is 0 Å². The van der Waals surface area contributed by atoms with E-state index in [2.05, 4.69) is 5.32 Å². The molecular weight excluding hydrogens is 313 g/mol. The van der Waals surface area contributed by atoms with Gasteiger partial charge in [0.05, 0.1) is 5.56 Å². The molecule has 1 aromatic heterocycles. The third kappa shape index (κ3) is 3.18. The Labute approximate surface area is 138 Å². The lowest BCUT2D eigenvalue weighted by Crippen LogP contribution is -2.59. The monoisotopic (exact) mass is 331 g/mol. The first kappa shape index (κ1) is 16.2. The third-order valence-electron chi connectivity index (χ3n) is 4.39. The fraction of sp³-hybridized carbons (Fsp3) is 0.333. The fourth-order valence-corrected chi connectivity index (χ4v) is 2.81. The van der Waals surface area contributed by atoms with Crippen molar-refractivity contribution in [1.29, 1.82) is 0 Å². The highest BCUT2D eigenvalue weighted by molar-refractivity contribution is 5.87. The van der Waals surface area contributed by atoms with Crippen molar-refractivity contribution in [3.63, 3.8) is 0 Å². The van der Waals surface area contributed by atoms with Crippen molar-refractivity contribution in [2.24, 2.45) is 0 Å². The first-order valence-electron chi connectivity index (χ1n) is 7.88. The number of amides is 1. The maximum atomic E-state index is 13.7. The van der Waals surface area contributed by atoms with Gasteiger partial charge in [-0.25, -0.2) is 9.18 Å². The Bertz CT molecular complexity index is 764. The van der Waals surface area contributed by atoms with Crippen molar-refractivity contribution in [2.45, 2.75) is 37.6 Å². The zero-order chi connectivity index (χ0) is 17.2. The molecule has 1 aliphatic carbocycles. The van der Waals surface area contributed by atoms with Crippen LogP contribution >= 0.6 is 0 Å². The van der Waals surface area contributed by atoms with E-state index in [4.69, 9.17) is 4.42 Å². The van der Waals surface area contributed by atoms with Crippen LogP contribution in [-0.4, -0.2) is 22.5 Å². The van der Waals surface area contributed by atoms with Crippen molar-refractivity contribution in [2.75, 3.05) is 0 Å². The van der Waals surface area contributed by atoms with Gasteiger partial charge in [0, 0.05) is 12.8 Å². The predicted molar refractivity (Wildman–Crippen MR) is 84.8 cm³/mol. The number of halogens is 1. The van der Waals surface area contributed by atoms with Crippen LogP contribution in [-0.2, 0) is 16.0 Å². The molecule has 1 fully saturated rings. The number of carboxylic acid groups (broad SMARTS) is 1. The van der Waals surface area contributed by atoms with Gasteiger partial charge < -0.3 is 14.8 Å². The average Bonchev–Trinajstić information content (AvgIpc) is 2.97. The van der Waals surface area contributed by atoms with Gasteiger partial charge in [0.2, 0.25) is 5.91 Å². The zero-order valence-corrected chi connectivity index (χ0v) is 13.0. The molecular formula is C18H18FNO4. The topological polar surface area (TPSA) is 79.5 Å². The van der Waals surface area contributed by atoms with Crippen molar-refractivity contribution >= 4 is 11.9 Å². The molecule has 2 N–H and O–H groups in total. The molecule has 0 radical (unpaired) electrons. The molecule has 5 nitrogen and oxygen atoms in total. The number of carboxylic acids is 1. The van der Waals surface area contributed by atoms with E-state index >= 15 is 0 Å². The molecule has 2 aromatic rings. The number of benzene rings is 1. The van der Waals surface area contributed by atoms with Crippen LogP contribution in [0.4, 0.5) is 4.39 Å². The summed E-state index contributed by atoms with van der Waals surface area (Å²) in [6, 6.07) is 9.66. The predicted octanol–water partition coefficient (Wildman–Crippen LogP) is 3.14. The summed E-state index contributed by atoms with van der Waals surface area (Å²) in [6.45, 7) is 0. The van der Waals surface area contributed by atoms with Crippen LogP contribution < -0.4 is 5.32 Å². The first-order chi connectivity index (χ1) is 11.5. The van der Waals surface area contributed by atoms with Crippen LogP contribution in [0.1, 0.15) is 31.4 Å². The van der Waals surface area contributed by atoms with Gasteiger partial charge in [0.25, 0.3) is 0 Å². The van der Waals surface area contributed by atoms with E-state index in [0.717, 1.165) is 6.42 Å². The lowest BCUT2D eigenvalue weighted by Gasteiger charge is -2.38. The molecule has 3 rings (SSSR count). The molecule has 0 saturated heterocycles. The third-order valence-corrected chi connectivity index (χ3v) is 4.39. The fourth-order valence-electron chi connectivity index (χ4n) is 2.81. The van der Waals surface area contributed by atoms with Crippen LogP contribution in [0.3, 0.4) is 0 Å². The molecule has 0 atom stereocenters. The van der Waals surface area contributed by atoms with E-state index in [1.807, 2.05) is 0 Å². The molecule has 24 heavy (non-hydrogen) atoms. The Hall–Kier alpha value is -2.63. The first-order valence-corrected chi connectivity index (χ1v) is 7.88. The maximum Gasteiger partial charge on any atom is 0.329 e. The van der Waals surface area contributed by atoms with Crippen molar-refractivity contribution < 1.29 is 23.5 Å². The summed E-state index contributed by atoms with van der Waals surface area (Å²) in [5.74, 6) is -0.710. The SMILES string of the molecule is O=C(CCc1ccc(-c2ccccc2F)o1)NC1(C(=O)O)CCC1. The number of furan rings is 1. The Kier molecular flexibility index (Phi) is 4.38. The number of aryl methyl sites for hydroxylation is 1. The van der Waals surface area contributed by atoms with Crippen LogP contribution in [0.5, 0.6) is 0 Å². The van der Waals surface area contributed by atoms with Gasteiger partial charge in [-0.1, -0.05) is 12.1 Å². The van der Waals surface area contributed by atoms with Crippen LogP contribution in [0.2, 0.25) is 0 Å². The molecule has 1 amide bonds.